The number of nitrogens with two attached hydrogens (primary N) is 1. The second-order valence-electron chi connectivity index (χ2n) is 6.28. The number of rotatable bonds is 3. The molecule has 0 bridgehead atoms. The summed E-state index contributed by atoms with van der Waals surface area (Å²) in [5.41, 5.74) is 11.7. The Labute approximate surface area is 128 Å². The van der Waals surface area contributed by atoms with E-state index in [1.165, 1.54) is 22.3 Å². The first kappa shape index (κ1) is 15.9. The van der Waals surface area contributed by atoms with E-state index in [9.17, 15) is 0 Å². The molecule has 0 aliphatic carbocycles. The highest BCUT2D eigenvalue weighted by Crippen LogP contribution is 2.33. The Kier molecular flexibility index (Phi) is 5.16. The minimum atomic E-state index is 0.362. The van der Waals surface area contributed by atoms with E-state index < -0.39 is 0 Å². The molecule has 0 aromatic heterocycles. The van der Waals surface area contributed by atoms with Crippen molar-refractivity contribution in [3.63, 3.8) is 0 Å². The van der Waals surface area contributed by atoms with E-state index in [4.69, 9.17) is 5.73 Å². The van der Waals surface area contributed by atoms with Crippen LogP contribution < -0.4 is 5.73 Å². The zero-order chi connectivity index (χ0) is 14.9. The van der Waals surface area contributed by atoms with E-state index in [1.807, 2.05) is 0 Å². The average Bonchev–Trinajstić information content (AvgIpc) is 2.32. The third kappa shape index (κ3) is 3.38. The first-order valence-electron chi connectivity index (χ1n) is 7.59. The lowest BCUT2D eigenvalue weighted by atomic mass is 9.92. The normalized spacial score (nSPS) is 25.7. The highest BCUT2D eigenvalue weighted by atomic mass is 32.2. The zero-order valence-corrected chi connectivity index (χ0v) is 14.3. The van der Waals surface area contributed by atoms with E-state index in [-0.39, 0.29) is 0 Å². The van der Waals surface area contributed by atoms with Crippen molar-refractivity contribution >= 4 is 11.8 Å². The fraction of sp³-hybridized carbons (Fsp3) is 0.647. The molecule has 1 aromatic carbocycles. The van der Waals surface area contributed by atoms with E-state index in [0.717, 1.165) is 13.1 Å². The maximum atomic E-state index is 6.15. The summed E-state index contributed by atoms with van der Waals surface area (Å²) in [7, 11) is 0. The molecule has 1 heterocycles. The van der Waals surface area contributed by atoms with Crippen LogP contribution in [0.4, 0.5) is 0 Å². The van der Waals surface area contributed by atoms with Crippen LogP contribution in [0.3, 0.4) is 0 Å². The van der Waals surface area contributed by atoms with E-state index >= 15 is 0 Å². The minimum absolute atomic E-state index is 0.362. The van der Waals surface area contributed by atoms with E-state index in [2.05, 4.69) is 63.4 Å². The lowest BCUT2D eigenvalue weighted by Crippen LogP contribution is -2.45. The molecule has 2 nitrogen and oxygen atoms in total. The summed E-state index contributed by atoms with van der Waals surface area (Å²) in [5.74, 6) is 0. The summed E-state index contributed by atoms with van der Waals surface area (Å²) in [6.45, 7) is 14.3. The summed E-state index contributed by atoms with van der Waals surface area (Å²) in [4.78, 5) is 2.59. The fourth-order valence-electron chi connectivity index (χ4n) is 3.64. The van der Waals surface area contributed by atoms with Crippen LogP contribution in [0.1, 0.15) is 42.1 Å². The second kappa shape index (κ2) is 6.50. The molecule has 3 unspecified atom stereocenters. The molecule has 112 valence electrons. The number of aryl methyl sites for hydroxylation is 3. The molecular weight excluding hydrogens is 264 g/mol. The van der Waals surface area contributed by atoms with Crippen LogP contribution in [0, 0.1) is 20.8 Å². The van der Waals surface area contributed by atoms with Crippen LogP contribution in [0.2, 0.25) is 0 Å². The molecule has 2 N–H and O–H groups in total. The maximum Gasteiger partial charge on any atom is 0.0476 e. The summed E-state index contributed by atoms with van der Waals surface area (Å²) < 4.78 is 0. The molecule has 20 heavy (non-hydrogen) atoms. The van der Waals surface area contributed by atoms with Crippen molar-refractivity contribution in [3.8, 4) is 0 Å². The van der Waals surface area contributed by atoms with Gasteiger partial charge in [-0.15, -0.1) is 0 Å². The Balaban J connectivity index is 2.33. The molecule has 1 saturated heterocycles. The third-order valence-electron chi connectivity index (χ3n) is 4.18. The zero-order valence-electron chi connectivity index (χ0n) is 13.4. The monoisotopic (exact) mass is 292 g/mol. The van der Waals surface area contributed by atoms with Crippen molar-refractivity contribution in [1.82, 2.24) is 4.90 Å². The highest BCUT2D eigenvalue weighted by Gasteiger charge is 2.29. The Bertz CT molecular complexity index is 439. The van der Waals surface area contributed by atoms with Crippen LogP contribution in [-0.2, 0) is 0 Å². The van der Waals surface area contributed by atoms with Crippen LogP contribution in [-0.4, -0.2) is 35.0 Å². The number of hydrogen-bond donors (Lipinski definition) is 1. The molecule has 0 radical (unpaired) electrons. The van der Waals surface area contributed by atoms with Crippen molar-refractivity contribution in [1.29, 1.82) is 0 Å². The second-order valence-corrected chi connectivity index (χ2v) is 8.16. The van der Waals surface area contributed by atoms with Crippen molar-refractivity contribution in [2.75, 3.05) is 19.6 Å². The summed E-state index contributed by atoms with van der Waals surface area (Å²) in [6.07, 6.45) is 0. The first-order valence-corrected chi connectivity index (χ1v) is 8.54. The van der Waals surface area contributed by atoms with Gasteiger partial charge in [0.15, 0.2) is 0 Å². The van der Waals surface area contributed by atoms with Gasteiger partial charge in [0.25, 0.3) is 0 Å². The lowest BCUT2D eigenvalue weighted by Gasteiger charge is -2.40. The van der Waals surface area contributed by atoms with Crippen molar-refractivity contribution < 1.29 is 0 Å². The molecule has 1 aliphatic rings. The number of thioether (sulfide) groups is 1. The molecule has 1 aromatic rings. The van der Waals surface area contributed by atoms with Gasteiger partial charge in [0.2, 0.25) is 0 Å². The standard InChI is InChI=1S/C17H28N2S/c1-11-6-12(2)17(13(3)7-11)16(8-18)19-9-14(4)20-15(5)10-19/h6-7,14-16H,8-10,18H2,1-5H3. The van der Waals surface area contributed by atoms with Gasteiger partial charge < -0.3 is 5.73 Å². The highest BCUT2D eigenvalue weighted by molar-refractivity contribution is 8.00. The van der Waals surface area contributed by atoms with E-state index in [1.54, 1.807) is 0 Å². The van der Waals surface area contributed by atoms with Gasteiger partial charge in [0, 0.05) is 36.2 Å². The Morgan fingerprint density at radius 1 is 1.15 bits per heavy atom. The van der Waals surface area contributed by atoms with Gasteiger partial charge in [-0.25, -0.2) is 0 Å². The molecule has 1 aliphatic heterocycles. The molecule has 0 amide bonds. The van der Waals surface area contributed by atoms with Crippen molar-refractivity contribution in [3.05, 3.63) is 34.4 Å². The average molecular weight is 292 g/mol. The van der Waals surface area contributed by atoms with E-state index in [0.29, 0.717) is 23.1 Å². The number of benzene rings is 1. The first-order chi connectivity index (χ1) is 9.42. The maximum absolute atomic E-state index is 6.15. The quantitative estimate of drug-likeness (QED) is 0.925. The van der Waals surface area contributed by atoms with Crippen molar-refractivity contribution in [2.24, 2.45) is 5.73 Å². The molecular formula is C17H28N2S. The molecule has 1 fully saturated rings. The molecule has 3 heteroatoms. The Morgan fingerprint density at radius 2 is 1.65 bits per heavy atom. The van der Waals surface area contributed by atoms with Gasteiger partial charge in [0.1, 0.15) is 0 Å². The van der Waals surface area contributed by atoms with Crippen LogP contribution >= 0.6 is 11.8 Å². The smallest absolute Gasteiger partial charge is 0.0476 e. The van der Waals surface area contributed by atoms with Crippen molar-refractivity contribution in [2.45, 2.75) is 51.2 Å². The van der Waals surface area contributed by atoms with Gasteiger partial charge in [-0.1, -0.05) is 31.5 Å². The molecule has 0 spiro atoms. The van der Waals surface area contributed by atoms with Gasteiger partial charge in [-0.2, -0.15) is 11.8 Å². The number of nitrogens with zero attached hydrogens (tertiary/aromatic N) is 1. The topological polar surface area (TPSA) is 29.3 Å². The Hall–Kier alpha value is -0.510. The largest absolute Gasteiger partial charge is 0.329 e. The van der Waals surface area contributed by atoms with Gasteiger partial charge in [-0.3, -0.25) is 4.90 Å². The Morgan fingerprint density at radius 3 is 2.10 bits per heavy atom. The summed E-state index contributed by atoms with van der Waals surface area (Å²) in [6, 6.07) is 4.94. The fourth-order valence-corrected chi connectivity index (χ4v) is 4.99. The van der Waals surface area contributed by atoms with Gasteiger partial charge >= 0.3 is 0 Å². The third-order valence-corrected chi connectivity index (χ3v) is 5.41. The molecule has 2 rings (SSSR count). The summed E-state index contributed by atoms with van der Waals surface area (Å²) >= 11 is 2.10. The predicted molar refractivity (Wildman–Crippen MR) is 90.5 cm³/mol. The minimum Gasteiger partial charge on any atom is -0.329 e. The number of hydrogen-bond acceptors (Lipinski definition) is 3. The lowest BCUT2D eigenvalue weighted by molar-refractivity contribution is 0.198. The predicted octanol–water partition coefficient (Wildman–Crippen LogP) is 3.44. The molecule has 3 atom stereocenters. The van der Waals surface area contributed by atoms with Crippen LogP contribution in [0.15, 0.2) is 12.1 Å². The van der Waals surface area contributed by atoms with Crippen LogP contribution in [0.25, 0.3) is 0 Å². The van der Waals surface area contributed by atoms with Gasteiger partial charge in [0.05, 0.1) is 0 Å². The van der Waals surface area contributed by atoms with Crippen LogP contribution in [0.5, 0.6) is 0 Å². The molecule has 0 saturated carbocycles. The summed E-state index contributed by atoms with van der Waals surface area (Å²) in [5, 5.41) is 1.39. The van der Waals surface area contributed by atoms with Gasteiger partial charge in [-0.05, 0) is 37.5 Å². The SMILES string of the molecule is Cc1cc(C)c(C(CN)N2CC(C)SC(C)C2)c(C)c1.